The number of piperazine rings is 1. The van der Waals surface area contributed by atoms with Gasteiger partial charge in [0, 0.05) is 147 Å². The molecule has 6 N–H and O–H groups in total. The van der Waals surface area contributed by atoms with Crippen molar-refractivity contribution in [1.82, 2.24) is 35.6 Å². The first kappa shape index (κ1) is 49.9. The predicted octanol–water partition coefficient (Wildman–Crippen LogP) is 10.1. The highest BCUT2D eigenvalue weighted by molar-refractivity contribution is 5.92. The van der Waals surface area contributed by atoms with E-state index >= 15 is 0 Å². The van der Waals surface area contributed by atoms with Gasteiger partial charge in [0.25, 0.3) is 0 Å². The van der Waals surface area contributed by atoms with Crippen LogP contribution in [0.25, 0.3) is 29.1 Å². The Balaban J connectivity index is 1.10. The number of aryl methyl sites for hydroxylation is 1. The molecule has 0 bridgehead atoms. The molecule has 1 unspecified atom stereocenters. The summed E-state index contributed by atoms with van der Waals surface area (Å²) in [5, 5.41) is 17.1. The van der Waals surface area contributed by atoms with E-state index in [1.54, 1.807) is 12.1 Å². The lowest BCUT2D eigenvalue weighted by molar-refractivity contribution is 0.138. The van der Waals surface area contributed by atoms with E-state index in [1.165, 1.54) is 12.1 Å². The van der Waals surface area contributed by atoms with Gasteiger partial charge in [0.05, 0.1) is 0 Å². The Labute approximate surface area is 379 Å². The van der Waals surface area contributed by atoms with Crippen molar-refractivity contribution in [2.45, 2.75) is 58.4 Å². The highest BCUT2D eigenvalue weighted by atomic mass is 19.1. The molecule has 1 atom stereocenters. The first-order valence-electron chi connectivity index (χ1n) is 22.6. The Hall–Kier alpha value is -5.71. The van der Waals surface area contributed by atoms with E-state index in [2.05, 4.69) is 131 Å². The number of likely N-dealkylation sites (N-methyl/N-ethyl adjacent to an activating group) is 1. The lowest BCUT2D eigenvalue weighted by Gasteiger charge is -2.35. The van der Waals surface area contributed by atoms with Crippen molar-refractivity contribution < 1.29 is 4.39 Å². The van der Waals surface area contributed by atoms with Crippen molar-refractivity contribution in [2.24, 2.45) is 0 Å². The van der Waals surface area contributed by atoms with Gasteiger partial charge < -0.3 is 41.4 Å². The molecular weight excluding hydrogens is 782 g/mol. The van der Waals surface area contributed by atoms with Gasteiger partial charge in [-0.2, -0.15) is 0 Å². The lowest BCUT2D eigenvalue weighted by Crippen LogP contribution is -2.48. The van der Waals surface area contributed by atoms with Crippen molar-refractivity contribution in [3.05, 3.63) is 151 Å². The molecule has 340 valence electrons. The van der Waals surface area contributed by atoms with Gasteiger partial charge in [0.15, 0.2) is 0 Å². The molecule has 0 radical (unpaired) electrons. The summed E-state index contributed by atoms with van der Waals surface area (Å²) in [7, 11) is 5.82. The third kappa shape index (κ3) is 14.4. The molecule has 0 spiro atoms. The van der Waals surface area contributed by atoms with Crippen LogP contribution in [0.15, 0.2) is 106 Å². The van der Waals surface area contributed by atoms with Crippen LogP contribution in [0.3, 0.4) is 0 Å². The number of hydrogen-bond acceptors (Lipinski definition) is 8. The molecule has 10 heteroatoms. The topological polar surface area (TPSA) is 85.7 Å². The van der Waals surface area contributed by atoms with Crippen LogP contribution in [-0.2, 0) is 0 Å². The van der Waals surface area contributed by atoms with Gasteiger partial charge in [0.1, 0.15) is 5.82 Å². The zero-order chi connectivity index (χ0) is 45.9. The highest BCUT2D eigenvalue weighted by Gasteiger charge is 2.20. The number of allylic oxidation sites excluding steroid dienone is 3. The summed E-state index contributed by atoms with van der Waals surface area (Å²) in [5.74, 6) is -0.284. The van der Waals surface area contributed by atoms with E-state index in [0.717, 1.165) is 176 Å². The number of benzene rings is 2. The van der Waals surface area contributed by atoms with Crippen LogP contribution in [0, 0.1) is 19.7 Å². The third-order valence-corrected chi connectivity index (χ3v) is 12.2. The van der Waals surface area contributed by atoms with Gasteiger partial charge in [-0.3, -0.25) is 4.90 Å². The summed E-state index contributed by atoms with van der Waals surface area (Å²) < 4.78 is 14.2. The van der Waals surface area contributed by atoms with E-state index in [-0.39, 0.29) is 11.9 Å². The zero-order valence-corrected chi connectivity index (χ0v) is 39.1. The van der Waals surface area contributed by atoms with Gasteiger partial charge in [-0.25, -0.2) is 4.39 Å². The van der Waals surface area contributed by atoms with E-state index in [4.69, 9.17) is 0 Å². The average molecular weight is 858 g/mol. The van der Waals surface area contributed by atoms with E-state index in [9.17, 15) is 4.39 Å². The second-order valence-electron chi connectivity index (χ2n) is 16.5. The van der Waals surface area contributed by atoms with Crippen molar-refractivity contribution >= 4 is 40.5 Å². The van der Waals surface area contributed by atoms with Crippen LogP contribution < -0.4 is 26.6 Å². The van der Waals surface area contributed by atoms with E-state index in [1.807, 2.05) is 32.3 Å². The second kappa shape index (κ2) is 25.4. The minimum Gasteiger partial charge on any atom is -0.392 e. The smallest absolute Gasteiger partial charge is 0.123 e. The Bertz CT molecular complexity index is 2080. The lowest BCUT2D eigenvalue weighted by atomic mass is 10.00. The molecule has 1 aliphatic heterocycles. The van der Waals surface area contributed by atoms with Crippen LogP contribution in [0.4, 0.5) is 15.8 Å². The minimum atomic E-state index is -0.284. The Kier molecular flexibility index (Phi) is 20.1. The maximum atomic E-state index is 14.2. The maximum absolute atomic E-state index is 14.2. The normalized spacial score (nSPS) is 13.7. The van der Waals surface area contributed by atoms with Gasteiger partial charge >= 0.3 is 0 Å². The Morgan fingerprint density at radius 2 is 1.57 bits per heavy atom. The van der Waals surface area contributed by atoms with Crippen LogP contribution in [0.1, 0.15) is 77.7 Å². The fourth-order valence-corrected chi connectivity index (χ4v) is 8.29. The SMILES string of the molecule is C=C/C(=C\c1[nH]c(C)c(C(=C)NCCCN2CCN(CC(=C)NCCCCCNc3cccc(C(=C)N(C)C(C=C)CCC(=C)NC)c3C=C)CC2)c1C)c1cc(F)ccc1NC. The number of nitrogens with one attached hydrogen (secondary N) is 6. The molecule has 3 aromatic rings. The number of hydrogen-bond donors (Lipinski definition) is 6. The monoisotopic (exact) mass is 858 g/mol. The quantitative estimate of drug-likeness (QED) is 0.0234. The molecule has 1 aromatic heterocycles. The van der Waals surface area contributed by atoms with Gasteiger partial charge in [-0.05, 0) is 100 Å². The van der Waals surface area contributed by atoms with Gasteiger partial charge in [-0.1, -0.05) is 69.8 Å². The predicted molar refractivity (Wildman–Crippen MR) is 273 cm³/mol. The highest BCUT2D eigenvalue weighted by Crippen LogP contribution is 2.32. The number of anilines is 2. The summed E-state index contributed by atoms with van der Waals surface area (Å²) in [6.45, 7) is 42.4. The van der Waals surface area contributed by atoms with Crippen molar-refractivity contribution in [3.63, 3.8) is 0 Å². The van der Waals surface area contributed by atoms with Crippen LogP contribution in [0.2, 0.25) is 0 Å². The molecule has 1 fully saturated rings. The maximum Gasteiger partial charge on any atom is 0.123 e. The molecule has 2 aromatic carbocycles. The van der Waals surface area contributed by atoms with Gasteiger partial charge in [0.2, 0.25) is 0 Å². The molecule has 0 aliphatic carbocycles. The summed E-state index contributed by atoms with van der Waals surface area (Å²) in [5.41, 5.74) is 13.8. The number of nitrogens with zero attached hydrogens (tertiary/aromatic N) is 3. The largest absolute Gasteiger partial charge is 0.392 e. The fraction of sp³-hybridized carbons (Fsp3) is 0.396. The molecule has 0 amide bonds. The second-order valence-corrected chi connectivity index (χ2v) is 16.5. The summed E-state index contributed by atoms with van der Waals surface area (Å²) in [6.07, 6.45) is 13.8. The van der Waals surface area contributed by atoms with E-state index in [0.29, 0.717) is 0 Å². The number of H-pyrrole nitrogens is 1. The van der Waals surface area contributed by atoms with E-state index < -0.39 is 0 Å². The van der Waals surface area contributed by atoms with Crippen molar-refractivity contribution in [2.75, 3.05) is 90.7 Å². The number of rotatable bonds is 29. The fourth-order valence-electron chi connectivity index (χ4n) is 8.29. The molecule has 4 rings (SSSR count). The molecule has 1 aliphatic rings. The Morgan fingerprint density at radius 3 is 2.25 bits per heavy atom. The van der Waals surface area contributed by atoms with Crippen LogP contribution in [0.5, 0.6) is 0 Å². The first-order chi connectivity index (χ1) is 30.3. The van der Waals surface area contributed by atoms with Crippen LogP contribution >= 0.6 is 0 Å². The number of aromatic amines is 1. The summed E-state index contributed by atoms with van der Waals surface area (Å²) in [4.78, 5) is 10.8. The van der Waals surface area contributed by atoms with Crippen molar-refractivity contribution in [3.8, 4) is 0 Å². The molecule has 0 saturated carbocycles. The summed E-state index contributed by atoms with van der Waals surface area (Å²) >= 11 is 0. The van der Waals surface area contributed by atoms with Gasteiger partial charge in [-0.15, -0.1) is 6.58 Å². The third-order valence-electron chi connectivity index (χ3n) is 12.2. The zero-order valence-electron chi connectivity index (χ0n) is 39.1. The standard InChI is InChI=1S/C53H76FN9/c1-13-44(49-36-45(54)24-26-50(49)56-11)35-52-40(6)53(42(8)60-52)41(7)58-29-20-30-62-31-33-63(34-32-62)37-39(5)57-27-17-16-18-28-59-51-22-19-21-48(47(51)15-3)43(9)61(12)46(14-2)25-23-38(4)55-10/h13-15,19,21-22,24,26,35-36,46,55-60H,1-5,7,9,16-18,20,23,25,27-34,37H2,6,8,10-12H3/b44-35+. The molecular formula is C53H76FN9. The first-order valence-corrected chi connectivity index (χ1v) is 22.6. The average Bonchev–Trinajstić information content (AvgIpc) is 3.57. The number of halogens is 1. The summed E-state index contributed by atoms with van der Waals surface area (Å²) in [6, 6.07) is 11.2. The van der Waals surface area contributed by atoms with Crippen LogP contribution in [-0.4, -0.2) is 106 Å². The number of unbranched alkanes of at least 4 members (excludes halogenated alkanes) is 2. The molecule has 63 heavy (non-hydrogen) atoms. The molecule has 1 saturated heterocycles. The molecule has 9 nitrogen and oxygen atoms in total. The molecule has 2 heterocycles. The number of aromatic nitrogens is 1. The van der Waals surface area contributed by atoms with Crippen molar-refractivity contribution in [1.29, 1.82) is 0 Å². The Morgan fingerprint density at radius 1 is 0.857 bits per heavy atom. The minimum absolute atomic E-state index is 0.149.